The molecule has 0 aliphatic heterocycles. The van der Waals surface area contributed by atoms with Crippen molar-refractivity contribution in [1.82, 2.24) is 5.32 Å². The summed E-state index contributed by atoms with van der Waals surface area (Å²) >= 11 is 0. The van der Waals surface area contributed by atoms with E-state index in [2.05, 4.69) is 10.1 Å². The van der Waals surface area contributed by atoms with Crippen molar-refractivity contribution in [1.29, 1.82) is 0 Å². The fourth-order valence-corrected chi connectivity index (χ4v) is 1.06. The summed E-state index contributed by atoms with van der Waals surface area (Å²) in [6, 6.07) is 4.54. The van der Waals surface area contributed by atoms with Gasteiger partial charge in [0.2, 0.25) is 0 Å². The van der Waals surface area contributed by atoms with Crippen molar-refractivity contribution in [3.8, 4) is 0 Å². The Morgan fingerprint density at radius 3 is 2.31 bits per heavy atom. The van der Waals surface area contributed by atoms with Crippen LogP contribution in [0.5, 0.6) is 0 Å². The van der Waals surface area contributed by atoms with Crippen LogP contribution in [0.1, 0.15) is 11.1 Å². The number of halogens is 3. The van der Waals surface area contributed by atoms with E-state index >= 15 is 0 Å². The van der Waals surface area contributed by atoms with Crippen LogP contribution in [0.3, 0.4) is 0 Å². The molecule has 0 fully saturated rings. The minimum Gasteiger partial charge on any atom is -0.453 e. The molecule has 6 heteroatoms. The van der Waals surface area contributed by atoms with Crippen molar-refractivity contribution in [2.24, 2.45) is 0 Å². The first kappa shape index (κ1) is 12.4. The first-order valence-corrected chi connectivity index (χ1v) is 4.41. The molecule has 0 aliphatic rings. The molecule has 0 aromatic heterocycles. The quantitative estimate of drug-likeness (QED) is 0.852. The van der Waals surface area contributed by atoms with Gasteiger partial charge in [-0.25, -0.2) is 4.79 Å². The van der Waals surface area contributed by atoms with Crippen LogP contribution in [0.2, 0.25) is 0 Å². The number of carbonyl (C=O) groups is 1. The van der Waals surface area contributed by atoms with Gasteiger partial charge in [0.1, 0.15) is 0 Å². The molecule has 0 unspecified atom stereocenters. The topological polar surface area (TPSA) is 38.3 Å². The summed E-state index contributed by atoms with van der Waals surface area (Å²) in [6.07, 6.45) is -4.96. The van der Waals surface area contributed by atoms with Gasteiger partial charge in [-0.3, -0.25) is 0 Å². The zero-order valence-electron chi connectivity index (χ0n) is 8.47. The number of carbonyl (C=O) groups excluding carboxylic acids is 1. The molecule has 0 aliphatic carbocycles. The standard InChI is InChI=1S/C10H10F3NO2/c1-16-9(15)14-6-7-2-4-8(5-3-7)10(11,12)13/h2-5H,6H2,1H3,(H,14,15). The maximum atomic E-state index is 12.2. The Morgan fingerprint density at radius 1 is 1.31 bits per heavy atom. The number of alkyl halides is 3. The van der Waals surface area contributed by atoms with E-state index in [9.17, 15) is 18.0 Å². The summed E-state index contributed by atoms with van der Waals surface area (Å²) in [7, 11) is 1.21. The maximum absolute atomic E-state index is 12.2. The lowest BCUT2D eigenvalue weighted by molar-refractivity contribution is -0.137. The van der Waals surface area contributed by atoms with Crippen molar-refractivity contribution < 1.29 is 22.7 Å². The van der Waals surface area contributed by atoms with Crippen LogP contribution in [-0.4, -0.2) is 13.2 Å². The SMILES string of the molecule is COC(=O)NCc1ccc(C(F)(F)F)cc1. The fraction of sp³-hybridized carbons (Fsp3) is 0.300. The number of nitrogens with one attached hydrogen (secondary N) is 1. The molecular formula is C10H10F3NO2. The molecule has 0 bridgehead atoms. The van der Waals surface area contributed by atoms with Crippen molar-refractivity contribution in [3.63, 3.8) is 0 Å². The highest BCUT2D eigenvalue weighted by atomic mass is 19.4. The second kappa shape index (κ2) is 4.87. The molecule has 1 amide bonds. The highest BCUT2D eigenvalue weighted by Gasteiger charge is 2.29. The Morgan fingerprint density at radius 2 is 1.88 bits per heavy atom. The van der Waals surface area contributed by atoms with Crippen LogP contribution in [0, 0.1) is 0 Å². The van der Waals surface area contributed by atoms with E-state index in [0.717, 1.165) is 12.1 Å². The third-order valence-corrected chi connectivity index (χ3v) is 1.90. The lowest BCUT2D eigenvalue weighted by Crippen LogP contribution is -2.22. The Hall–Kier alpha value is -1.72. The second-order valence-electron chi connectivity index (χ2n) is 3.04. The summed E-state index contributed by atoms with van der Waals surface area (Å²) in [5, 5.41) is 2.36. The number of hydrogen-bond acceptors (Lipinski definition) is 2. The summed E-state index contributed by atoms with van der Waals surface area (Å²) in [4.78, 5) is 10.7. The van der Waals surface area contributed by atoms with Gasteiger partial charge in [0.25, 0.3) is 0 Å². The van der Waals surface area contributed by atoms with Crippen molar-refractivity contribution in [2.45, 2.75) is 12.7 Å². The number of benzene rings is 1. The lowest BCUT2D eigenvalue weighted by Gasteiger charge is -2.08. The van der Waals surface area contributed by atoms with E-state index in [-0.39, 0.29) is 6.54 Å². The van der Waals surface area contributed by atoms with Gasteiger partial charge in [0.05, 0.1) is 12.7 Å². The van der Waals surface area contributed by atoms with Gasteiger partial charge in [-0.05, 0) is 17.7 Å². The zero-order valence-corrected chi connectivity index (χ0v) is 8.47. The smallest absolute Gasteiger partial charge is 0.416 e. The summed E-state index contributed by atoms with van der Waals surface area (Å²) in [5.74, 6) is 0. The molecule has 0 saturated heterocycles. The first-order valence-electron chi connectivity index (χ1n) is 4.41. The number of amides is 1. The Labute approximate surface area is 90.2 Å². The Bertz CT molecular complexity index is 359. The molecule has 3 nitrogen and oxygen atoms in total. The molecule has 0 saturated carbocycles. The van der Waals surface area contributed by atoms with Gasteiger partial charge in [0.15, 0.2) is 0 Å². The molecule has 88 valence electrons. The summed E-state index contributed by atoms with van der Waals surface area (Å²) < 4.78 is 40.9. The molecule has 1 N–H and O–H groups in total. The predicted octanol–water partition coefficient (Wildman–Crippen LogP) is 2.56. The molecule has 0 heterocycles. The molecule has 16 heavy (non-hydrogen) atoms. The normalized spacial score (nSPS) is 11.0. The molecule has 0 radical (unpaired) electrons. The van der Waals surface area contributed by atoms with Gasteiger partial charge < -0.3 is 10.1 Å². The average Bonchev–Trinajstić information content (AvgIpc) is 2.25. The van der Waals surface area contributed by atoms with E-state index in [1.807, 2.05) is 0 Å². The largest absolute Gasteiger partial charge is 0.453 e. The van der Waals surface area contributed by atoms with Crippen LogP contribution >= 0.6 is 0 Å². The van der Waals surface area contributed by atoms with E-state index in [1.165, 1.54) is 19.2 Å². The molecular weight excluding hydrogens is 223 g/mol. The first-order chi connectivity index (χ1) is 7.43. The van der Waals surface area contributed by atoms with Crippen molar-refractivity contribution in [3.05, 3.63) is 35.4 Å². The molecule has 1 aromatic rings. The van der Waals surface area contributed by atoms with Crippen LogP contribution in [0.15, 0.2) is 24.3 Å². The monoisotopic (exact) mass is 233 g/mol. The van der Waals surface area contributed by atoms with E-state index in [0.29, 0.717) is 5.56 Å². The van der Waals surface area contributed by atoms with Crippen LogP contribution < -0.4 is 5.32 Å². The molecule has 1 aromatic carbocycles. The number of methoxy groups -OCH3 is 1. The van der Waals surface area contributed by atoms with Crippen molar-refractivity contribution >= 4 is 6.09 Å². The number of hydrogen-bond donors (Lipinski definition) is 1. The summed E-state index contributed by atoms with van der Waals surface area (Å²) in [5.41, 5.74) is -0.146. The molecule has 0 spiro atoms. The van der Waals surface area contributed by atoms with Gasteiger partial charge in [0, 0.05) is 6.54 Å². The van der Waals surface area contributed by atoms with Crippen LogP contribution in [-0.2, 0) is 17.5 Å². The van der Waals surface area contributed by atoms with Gasteiger partial charge in [-0.2, -0.15) is 13.2 Å². The third-order valence-electron chi connectivity index (χ3n) is 1.90. The molecule has 1 rings (SSSR count). The van der Waals surface area contributed by atoms with E-state index < -0.39 is 17.8 Å². The third kappa shape index (κ3) is 3.45. The highest BCUT2D eigenvalue weighted by molar-refractivity contribution is 5.66. The average molecular weight is 233 g/mol. The predicted molar refractivity (Wildman–Crippen MR) is 50.7 cm³/mol. The van der Waals surface area contributed by atoms with E-state index in [4.69, 9.17) is 0 Å². The minimum atomic E-state index is -4.34. The molecule has 0 atom stereocenters. The zero-order chi connectivity index (χ0) is 12.2. The number of rotatable bonds is 2. The van der Waals surface area contributed by atoms with Gasteiger partial charge >= 0.3 is 12.3 Å². The van der Waals surface area contributed by atoms with Gasteiger partial charge in [-0.1, -0.05) is 12.1 Å². The fourth-order valence-electron chi connectivity index (χ4n) is 1.06. The Balaban J connectivity index is 2.62. The Kier molecular flexibility index (Phi) is 3.76. The van der Waals surface area contributed by atoms with Crippen molar-refractivity contribution in [2.75, 3.05) is 7.11 Å². The summed E-state index contributed by atoms with van der Waals surface area (Å²) in [6.45, 7) is 0.130. The lowest BCUT2D eigenvalue weighted by atomic mass is 10.1. The number of ether oxygens (including phenoxy) is 1. The van der Waals surface area contributed by atoms with Crippen LogP contribution in [0.4, 0.5) is 18.0 Å². The number of alkyl carbamates (subject to hydrolysis) is 1. The van der Waals surface area contributed by atoms with E-state index in [1.54, 1.807) is 0 Å². The van der Waals surface area contributed by atoms with Gasteiger partial charge in [-0.15, -0.1) is 0 Å². The minimum absolute atomic E-state index is 0.130. The van der Waals surface area contributed by atoms with Crippen LogP contribution in [0.25, 0.3) is 0 Å². The second-order valence-corrected chi connectivity index (χ2v) is 3.04. The highest BCUT2D eigenvalue weighted by Crippen LogP contribution is 2.28. The maximum Gasteiger partial charge on any atom is 0.416 e.